The van der Waals surface area contributed by atoms with Crippen LogP contribution in [0.5, 0.6) is 0 Å². The van der Waals surface area contributed by atoms with Crippen LogP contribution in [0.25, 0.3) is 0 Å². The van der Waals surface area contributed by atoms with E-state index in [0.29, 0.717) is 6.54 Å². The lowest BCUT2D eigenvalue weighted by Crippen LogP contribution is -2.32. The van der Waals surface area contributed by atoms with E-state index in [1.165, 1.54) is 31.3 Å². The van der Waals surface area contributed by atoms with E-state index in [0.717, 1.165) is 13.0 Å². The summed E-state index contributed by atoms with van der Waals surface area (Å²) in [6.45, 7) is 3.68. The van der Waals surface area contributed by atoms with Gasteiger partial charge in [0, 0.05) is 13.1 Å². The molecule has 1 rings (SSSR count). The number of hydrogen-bond acceptors (Lipinski definition) is 5. The molecule has 21 heavy (non-hydrogen) atoms. The van der Waals surface area contributed by atoms with Gasteiger partial charge in [0.2, 0.25) is 20.0 Å². The SMILES string of the molecule is CCCNCCNS(=O)(=O)c1ccc(S(=O)(=O)NC)cc1. The van der Waals surface area contributed by atoms with Crippen molar-refractivity contribution in [1.82, 2.24) is 14.8 Å². The van der Waals surface area contributed by atoms with Crippen molar-refractivity contribution in [3.05, 3.63) is 24.3 Å². The summed E-state index contributed by atoms with van der Waals surface area (Å²) in [5, 5.41) is 3.08. The van der Waals surface area contributed by atoms with E-state index >= 15 is 0 Å². The fraction of sp³-hybridized carbons (Fsp3) is 0.500. The van der Waals surface area contributed by atoms with Gasteiger partial charge in [0.25, 0.3) is 0 Å². The second-order valence-electron chi connectivity index (χ2n) is 4.33. The Morgan fingerprint density at radius 2 is 1.38 bits per heavy atom. The van der Waals surface area contributed by atoms with Crippen LogP contribution in [-0.4, -0.2) is 43.5 Å². The summed E-state index contributed by atoms with van der Waals surface area (Å²) in [6.07, 6.45) is 0.980. The van der Waals surface area contributed by atoms with Crippen LogP contribution in [0.15, 0.2) is 34.1 Å². The lowest BCUT2D eigenvalue weighted by Gasteiger charge is -2.08. The van der Waals surface area contributed by atoms with Gasteiger partial charge in [-0.25, -0.2) is 26.3 Å². The summed E-state index contributed by atoms with van der Waals surface area (Å²) in [5.41, 5.74) is 0. The van der Waals surface area contributed by atoms with Crippen molar-refractivity contribution < 1.29 is 16.8 Å². The minimum atomic E-state index is -3.62. The molecule has 1 aromatic carbocycles. The van der Waals surface area contributed by atoms with Gasteiger partial charge in [-0.05, 0) is 44.3 Å². The molecule has 0 unspecified atom stereocenters. The summed E-state index contributed by atoms with van der Waals surface area (Å²) < 4.78 is 51.7. The van der Waals surface area contributed by atoms with Crippen LogP contribution in [0.4, 0.5) is 0 Å². The van der Waals surface area contributed by atoms with Gasteiger partial charge in [0.05, 0.1) is 9.79 Å². The molecule has 0 saturated carbocycles. The average Bonchev–Trinajstić information content (AvgIpc) is 2.47. The fourth-order valence-electron chi connectivity index (χ4n) is 1.57. The van der Waals surface area contributed by atoms with Crippen molar-refractivity contribution in [2.24, 2.45) is 0 Å². The predicted molar refractivity (Wildman–Crippen MR) is 81.0 cm³/mol. The van der Waals surface area contributed by atoms with Gasteiger partial charge in [0.15, 0.2) is 0 Å². The van der Waals surface area contributed by atoms with Crippen molar-refractivity contribution >= 4 is 20.0 Å². The molecule has 0 amide bonds. The lowest BCUT2D eigenvalue weighted by atomic mass is 10.4. The molecular weight excluding hydrogens is 314 g/mol. The van der Waals surface area contributed by atoms with Crippen LogP contribution >= 0.6 is 0 Å². The van der Waals surface area contributed by atoms with E-state index in [-0.39, 0.29) is 16.3 Å². The fourth-order valence-corrected chi connectivity index (χ4v) is 3.34. The molecule has 0 fully saturated rings. The van der Waals surface area contributed by atoms with Crippen LogP contribution in [0.1, 0.15) is 13.3 Å². The Balaban J connectivity index is 2.72. The minimum absolute atomic E-state index is 0.0218. The molecule has 0 aliphatic heterocycles. The lowest BCUT2D eigenvalue weighted by molar-refractivity contribution is 0.574. The quantitative estimate of drug-likeness (QED) is 0.546. The van der Waals surface area contributed by atoms with Gasteiger partial charge < -0.3 is 5.32 Å². The van der Waals surface area contributed by atoms with Crippen molar-refractivity contribution in [3.8, 4) is 0 Å². The third-order valence-electron chi connectivity index (χ3n) is 2.73. The molecule has 0 spiro atoms. The highest BCUT2D eigenvalue weighted by Gasteiger charge is 2.16. The number of benzene rings is 1. The molecule has 0 atom stereocenters. The molecule has 0 saturated heterocycles. The summed E-state index contributed by atoms with van der Waals surface area (Å²) in [6, 6.07) is 5.06. The van der Waals surface area contributed by atoms with Crippen LogP contribution in [0, 0.1) is 0 Å². The maximum absolute atomic E-state index is 12.0. The van der Waals surface area contributed by atoms with Gasteiger partial charge in [-0.2, -0.15) is 0 Å². The monoisotopic (exact) mass is 335 g/mol. The predicted octanol–water partition coefficient (Wildman–Crippen LogP) is -0.127. The first kappa shape index (κ1) is 18.1. The third kappa shape index (κ3) is 5.36. The van der Waals surface area contributed by atoms with Crippen LogP contribution in [-0.2, 0) is 20.0 Å². The molecule has 1 aromatic rings. The maximum atomic E-state index is 12.0. The average molecular weight is 335 g/mol. The van der Waals surface area contributed by atoms with Crippen molar-refractivity contribution in [1.29, 1.82) is 0 Å². The maximum Gasteiger partial charge on any atom is 0.240 e. The zero-order valence-electron chi connectivity index (χ0n) is 12.1. The smallest absolute Gasteiger partial charge is 0.240 e. The second-order valence-corrected chi connectivity index (χ2v) is 7.98. The Morgan fingerprint density at radius 3 is 1.86 bits per heavy atom. The molecule has 0 aliphatic carbocycles. The number of sulfonamides is 2. The number of nitrogens with one attached hydrogen (secondary N) is 3. The molecule has 0 bridgehead atoms. The molecule has 0 aromatic heterocycles. The van der Waals surface area contributed by atoms with E-state index < -0.39 is 20.0 Å². The number of hydrogen-bond donors (Lipinski definition) is 3. The Morgan fingerprint density at radius 1 is 0.857 bits per heavy atom. The van der Waals surface area contributed by atoms with Crippen LogP contribution in [0.3, 0.4) is 0 Å². The van der Waals surface area contributed by atoms with Crippen LogP contribution in [0.2, 0.25) is 0 Å². The standard InChI is InChI=1S/C12H21N3O4S2/c1-3-8-14-9-10-15-21(18,19)12-6-4-11(5-7-12)20(16,17)13-2/h4-7,13-15H,3,8-10H2,1-2H3. The zero-order chi connectivity index (χ0) is 15.9. The molecule has 7 nitrogen and oxygen atoms in total. The molecule has 0 heterocycles. The second kappa shape index (κ2) is 7.85. The van der Waals surface area contributed by atoms with E-state index in [1.54, 1.807) is 0 Å². The van der Waals surface area contributed by atoms with Crippen molar-refractivity contribution in [2.75, 3.05) is 26.7 Å². The third-order valence-corrected chi connectivity index (χ3v) is 5.64. The topological polar surface area (TPSA) is 104 Å². The Hall–Kier alpha value is -1.00. The summed E-state index contributed by atoms with van der Waals surface area (Å²) in [4.78, 5) is 0.0570. The van der Waals surface area contributed by atoms with Crippen LogP contribution < -0.4 is 14.8 Å². The number of rotatable bonds is 9. The van der Waals surface area contributed by atoms with Gasteiger partial charge in [-0.1, -0.05) is 6.92 Å². The molecule has 120 valence electrons. The van der Waals surface area contributed by atoms with Crippen molar-refractivity contribution in [3.63, 3.8) is 0 Å². The molecule has 3 N–H and O–H groups in total. The minimum Gasteiger partial charge on any atom is -0.315 e. The first-order valence-electron chi connectivity index (χ1n) is 6.57. The molecule has 0 radical (unpaired) electrons. The largest absolute Gasteiger partial charge is 0.315 e. The first-order valence-corrected chi connectivity index (χ1v) is 9.54. The Kier molecular flexibility index (Phi) is 6.75. The Labute approximate surface area is 126 Å². The zero-order valence-corrected chi connectivity index (χ0v) is 13.7. The molecule has 9 heteroatoms. The first-order chi connectivity index (χ1) is 9.83. The van der Waals surface area contributed by atoms with Gasteiger partial charge in [0.1, 0.15) is 0 Å². The van der Waals surface area contributed by atoms with E-state index in [1.807, 2.05) is 6.92 Å². The van der Waals surface area contributed by atoms with E-state index in [2.05, 4.69) is 14.8 Å². The molecule has 0 aliphatic rings. The van der Waals surface area contributed by atoms with E-state index in [9.17, 15) is 16.8 Å². The van der Waals surface area contributed by atoms with Gasteiger partial charge >= 0.3 is 0 Å². The summed E-state index contributed by atoms with van der Waals surface area (Å²) in [7, 11) is -5.89. The van der Waals surface area contributed by atoms with Crippen molar-refractivity contribution in [2.45, 2.75) is 23.1 Å². The molecular formula is C12H21N3O4S2. The van der Waals surface area contributed by atoms with Gasteiger partial charge in [-0.3, -0.25) is 0 Å². The normalized spacial score (nSPS) is 12.5. The highest BCUT2D eigenvalue weighted by atomic mass is 32.2. The highest BCUT2D eigenvalue weighted by Crippen LogP contribution is 2.13. The Bertz CT molecular complexity index is 640. The van der Waals surface area contributed by atoms with Gasteiger partial charge in [-0.15, -0.1) is 0 Å². The van der Waals surface area contributed by atoms with E-state index in [4.69, 9.17) is 0 Å². The summed E-state index contributed by atoms with van der Waals surface area (Å²) >= 11 is 0. The summed E-state index contributed by atoms with van der Waals surface area (Å²) in [5.74, 6) is 0. The highest BCUT2D eigenvalue weighted by molar-refractivity contribution is 7.90.